The molecule has 0 spiro atoms. The van der Waals surface area contributed by atoms with E-state index in [2.05, 4.69) is 26.2 Å². The molecule has 0 bridgehead atoms. The van der Waals surface area contributed by atoms with Crippen LogP contribution < -0.4 is 5.32 Å². The molecule has 0 fully saturated rings. The maximum Gasteiger partial charge on any atom is 0.274 e. The Hall–Kier alpha value is -1.97. The molecule has 0 radical (unpaired) electrons. The number of halogens is 3. The zero-order valence-corrected chi connectivity index (χ0v) is 12.2. The van der Waals surface area contributed by atoms with Crippen molar-refractivity contribution in [2.24, 2.45) is 0 Å². The predicted molar refractivity (Wildman–Crippen MR) is 76.0 cm³/mol. The second-order valence-corrected chi connectivity index (χ2v) is 5.00. The zero-order valence-electron chi connectivity index (χ0n) is 9.82. The number of benzene rings is 1. The van der Waals surface area contributed by atoms with Gasteiger partial charge in [-0.2, -0.15) is 5.26 Å². The van der Waals surface area contributed by atoms with Crippen LogP contribution in [0.5, 0.6) is 0 Å². The molecule has 20 heavy (non-hydrogen) atoms. The third-order valence-electron chi connectivity index (χ3n) is 2.37. The third-order valence-corrected chi connectivity index (χ3v) is 3.29. The van der Waals surface area contributed by atoms with Crippen LogP contribution in [0.1, 0.15) is 16.1 Å². The molecule has 0 aliphatic rings. The number of carbonyl (C=O) groups excluding carboxylic acids is 1. The van der Waals surface area contributed by atoms with E-state index in [1.54, 1.807) is 0 Å². The number of pyridine rings is 1. The highest BCUT2D eigenvalue weighted by Gasteiger charge is 2.13. The number of hydrogen-bond donors (Lipinski definition) is 1. The zero-order chi connectivity index (χ0) is 14.7. The fourth-order valence-corrected chi connectivity index (χ4v) is 2.33. The van der Waals surface area contributed by atoms with Crippen LogP contribution in [0.25, 0.3) is 0 Å². The number of amides is 1. The number of hydrogen-bond acceptors (Lipinski definition) is 3. The fraction of sp³-hybridized carbons (Fsp3) is 0. The molecule has 1 aromatic heterocycles. The van der Waals surface area contributed by atoms with E-state index in [0.717, 1.165) is 6.07 Å². The average Bonchev–Trinajstić information content (AvgIpc) is 2.42. The van der Waals surface area contributed by atoms with Crippen LogP contribution in [-0.4, -0.2) is 10.9 Å². The summed E-state index contributed by atoms with van der Waals surface area (Å²) in [6, 6.07) is 7.07. The van der Waals surface area contributed by atoms with Gasteiger partial charge in [-0.15, -0.1) is 0 Å². The van der Waals surface area contributed by atoms with E-state index in [1.807, 2.05) is 6.07 Å². The summed E-state index contributed by atoms with van der Waals surface area (Å²) >= 11 is 8.98. The van der Waals surface area contributed by atoms with Crippen molar-refractivity contribution < 1.29 is 9.18 Å². The predicted octanol–water partition coefficient (Wildman–Crippen LogP) is 3.76. The van der Waals surface area contributed by atoms with Crippen LogP contribution in [0.2, 0.25) is 5.02 Å². The highest BCUT2D eigenvalue weighted by atomic mass is 79.9. The first-order chi connectivity index (χ1) is 9.51. The number of anilines is 1. The Labute approximate surface area is 127 Å². The van der Waals surface area contributed by atoms with E-state index in [-0.39, 0.29) is 16.4 Å². The van der Waals surface area contributed by atoms with Gasteiger partial charge in [-0.1, -0.05) is 11.6 Å². The van der Waals surface area contributed by atoms with Crippen molar-refractivity contribution in [2.75, 3.05) is 5.32 Å². The van der Waals surface area contributed by atoms with Crippen molar-refractivity contribution >= 4 is 39.1 Å². The first-order valence-corrected chi connectivity index (χ1v) is 6.50. The van der Waals surface area contributed by atoms with Gasteiger partial charge in [0.2, 0.25) is 0 Å². The minimum absolute atomic E-state index is 0.0684. The number of carbonyl (C=O) groups is 1. The van der Waals surface area contributed by atoms with Crippen LogP contribution in [0, 0.1) is 17.1 Å². The maximum atomic E-state index is 13.1. The minimum atomic E-state index is -0.517. The molecule has 0 unspecified atom stereocenters. The Morgan fingerprint density at radius 1 is 1.45 bits per heavy atom. The van der Waals surface area contributed by atoms with Gasteiger partial charge in [-0.25, -0.2) is 9.37 Å². The molecule has 2 rings (SSSR count). The summed E-state index contributed by atoms with van der Waals surface area (Å²) in [5, 5.41) is 11.2. The van der Waals surface area contributed by atoms with E-state index in [0.29, 0.717) is 10.0 Å². The lowest BCUT2D eigenvalue weighted by atomic mass is 10.2. The number of aromatic nitrogens is 1. The van der Waals surface area contributed by atoms with Crippen LogP contribution in [0.4, 0.5) is 10.1 Å². The molecule has 4 nitrogen and oxygen atoms in total. The van der Waals surface area contributed by atoms with Gasteiger partial charge < -0.3 is 5.32 Å². The number of rotatable bonds is 2. The lowest BCUT2D eigenvalue weighted by Gasteiger charge is -2.09. The average molecular weight is 355 g/mol. The van der Waals surface area contributed by atoms with Crippen LogP contribution in [0.3, 0.4) is 0 Å². The molecule has 1 amide bonds. The van der Waals surface area contributed by atoms with Crippen LogP contribution in [-0.2, 0) is 0 Å². The lowest BCUT2D eigenvalue weighted by molar-refractivity contribution is 0.102. The normalized spacial score (nSPS) is 9.90. The molecule has 1 N–H and O–H groups in total. The van der Waals surface area contributed by atoms with Gasteiger partial charge in [0.1, 0.15) is 17.6 Å². The monoisotopic (exact) mass is 353 g/mol. The Morgan fingerprint density at radius 3 is 2.75 bits per heavy atom. The lowest BCUT2D eigenvalue weighted by Crippen LogP contribution is -2.14. The summed E-state index contributed by atoms with van der Waals surface area (Å²) in [4.78, 5) is 15.8. The quantitative estimate of drug-likeness (QED) is 0.893. The van der Waals surface area contributed by atoms with Crippen molar-refractivity contribution in [3.05, 3.63) is 57.0 Å². The summed E-state index contributed by atoms with van der Waals surface area (Å²) in [5.41, 5.74) is 0.725. The highest BCUT2D eigenvalue weighted by Crippen LogP contribution is 2.31. The first-order valence-electron chi connectivity index (χ1n) is 5.33. The molecule has 0 aliphatic heterocycles. The van der Waals surface area contributed by atoms with Gasteiger partial charge in [0, 0.05) is 10.7 Å². The van der Waals surface area contributed by atoms with Gasteiger partial charge >= 0.3 is 0 Å². The smallest absolute Gasteiger partial charge is 0.274 e. The van der Waals surface area contributed by atoms with E-state index >= 15 is 0 Å². The van der Waals surface area contributed by atoms with Crippen LogP contribution >= 0.6 is 27.5 Å². The van der Waals surface area contributed by atoms with Gasteiger partial charge in [-0.05, 0) is 40.2 Å². The SMILES string of the molecule is N#Cc1ccc(C(=O)Nc2c(Cl)cc(F)cc2Br)nc1. The van der Waals surface area contributed by atoms with Crippen molar-refractivity contribution in [1.82, 2.24) is 4.98 Å². The molecule has 0 aliphatic carbocycles. The molecule has 2 aromatic rings. The van der Waals surface area contributed by atoms with Crippen molar-refractivity contribution in [3.8, 4) is 6.07 Å². The van der Waals surface area contributed by atoms with Gasteiger partial charge in [-0.3, -0.25) is 4.79 Å². The Balaban J connectivity index is 2.26. The van der Waals surface area contributed by atoms with Crippen molar-refractivity contribution in [1.29, 1.82) is 5.26 Å². The van der Waals surface area contributed by atoms with Gasteiger partial charge in [0.05, 0.1) is 16.3 Å². The summed E-state index contributed by atoms with van der Waals surface area (Å²) in [5.74, 6) is -1.03. The van der Waals surface area contributed by atoms with E-state index in [9.17, 15) is 9.18 Å². The second-order valence-electron chi connectivity index (χ2n) is 3.74. The second kappa shape index (κ2) is 5.99. The van der Waals surface area contributed by atoms with E-state index in [1.165, 1.54) is 24.4 Å². The first kappa shape index (κ1) is 14.4. The number of nitriles is 1. The third kappa shape index (κ3) is 3.13. The van der Waals surface area contributed by atoms with Crippen molar-refractivity contribution in [3.63, 3.8) is 0 Å². The molecule has 1 heterocycles. The van der Waals surface area contributed by atoms with Crippen molar-refractivity contribution in [2.45, 2.75) is 0 Å². The Bertz CT molecular complexity index is 690. The van der Waals surface area contributed by atoms with Gasteiger partial charge in [0.25, 0.3) is 5.91 Å². The molecule has 100 valence electrons. The Morgan fingerprint density at radius 2 is 2.20 bits per heavy atom. The molecule has 0 saturated heterocycles. The molecule has 0 saturated carbocycles. The summed E-state index contributed by atoms with van der Waals surface area (Å²) in [6.07, 6.45) is 1.29. The highest BCUT2D eigenvalue weighted by molar-refractivity contribution is 9.10. The van der Waals surface area contributed by atoms with E-state index < -0.39 is 11.7 Å². The van der Waals surface area contributed by atoms with Crippen LogP contribution in [0.15, 0.2) is 34.9 Å². The standard InChI is InChI=1S/C13H6BrClFN3O/c14-9-3-8(16)4-10(15)12(9)19-13(20)11-2-1-7(5-17)6-18-11/h1-4,6H,(H,19,20). The summed E-state index contributed by atoms with van der Waals surface area (Å²) in [7, 11) is 0. The fourth-order valence-electron chi connectivity index (χ4n) is 1.43. The number of nitrogens with one attached hydrogen (secondary N) is 1. The number of nitrogens with zero attached hydrogens (tertiary/aromatic N) is 2. The largest absolute Gasteiger partial charge is 0.318 e. The Kier molecular flexibility index (Phi) is 4.32. The van der Waals surface area contributed by atoms with E-state index in [4.69, 9.17) is 16.9 Å². The molecule has 7 heteroatoms. The molecular weight excluding hydrogens is 349 g/mol. The van der Waals surface area contributed by atoms with Gasteiger partial charge in [0.15, 0.2) is 0 Å². The summed E-state index contributed by atoms with van der Waals surface area (Å²) < 4.78 is 13.4. The minimum Gasteiger partial charge on any atom is -0.318 e. The maximum absolute atomic E-state index is 13.1. The molecule has 0 atom stereocenters. The molecular formula is C13H6BrClFN3O. The summed E-state index contributed by atoms with van der Waals surface area (Å²) in [6.45, 7) is 0. The molecule has 1 aromatic carbocycles. The topological polar surface area (TPSA) is 65.8 Å².